The van der Waals surface area contributed by atoms with Crippen molar-refractivity contribution >= 4 is 0 Å². The lowest BCUT2D eigenvalue weighted by Crippen LogP contribution is -2.47. The summed E-state index contributed by atoms with van der Waals surface area (Å²) in [5.41, 5.74) is 0.316. The maximum absolute atomic E-state index is 13.6. The standard InChI is InChI=1S/C16H23F3N2/c1-12(2)21(11-14-9-6-10-20-14)15(16(17,18)19)13-7-4-3-5-8-13/h3-5,7-8,12,14-15,20H,6,9-11H2,1-2H3. The first kappa shape index (κ1) is 16.3. The van der Waals surface area contributed by atoms with E-state index in [9.17, 15) is 13.2 Å². The van der Waals surface area contributed by atoms with E-state index in [0.717, 1.165) is 19.4 Å². The molecule has 118 valence electrons. The number of alkyl halides is 3. The lowest BCUT2D eigenvalue weighted by atomic mass is 10.0. The van der Waals surface area contributed by atoms with E-state index >= 15 is 0 Å². The average molecular weight is 300 g/mol. The Bertz CT molecular complexity index is 425. The Hall–Kier alpha value is -1.07. The number of hydrogen-bond donors (Lipinski definition) is 1. The quantitative estimate of drug-likeness (QED) is 0.891. The summed E-state index contributed by atoms with van der Waals surface area (Å²) in [7, 11) is 0. The first-order valence-corrected chi connectivity index (χ1v) is 7.50. The summed E-state index contributed by atoms with van der Waals surface area (Å²) in [5, 5.41) is 3.29. The molecule has 0 radical (unpaired) electrons. The van der Waals surface area contributed by atoms with E-state index in [4.69, 9.17) is 0 Å². The van der Waals surface area contributed by atoms with Gasteiger partial charge in [0.25, 0.3) is 0 Å². The summed E-state index contributed by atoms with van der Waals surface area (Å²) in [5.74, 6) is 0. The molecule has 21 heavy (non-hydrogen) atoms. The summed E-state index contributed by atoms with van der Waals surface area (Å²) in [6.45, 7) is 4.99. The van der Waals surface area contributed by atoms with Crippen LogP contribution in [0.2, 0.25) is 0 Å². The molecule has 1 aromatic carbocycles. The fraction of sp³-hybridized carbons (Fsp3) is 0.625. The van der Waals surface area contributed by atoms with Crippen LogP contribution in [0, 0.1) is 0 Å². The van der Waals surface area contributed by atoms with Crippen molar-refractivity contribution < 1.29 is 13.2 Å². The first-order chi connectivity index (χ1) is 9.89. The van der Waals surface area contributed by atoms with Crippen LogP contribution in [0.1, 0.15) is 38.3 Å². The van der Waals surface area contributed by atoms with Crippen LogP contribution >= 0.6 is 0 Å². The molecule has 1 aliphatic heterocycles. The number of nitrogens with one attached hydrogen (secondary N) is 1. The highest BCUT2D eigenvalue weighted by Gasteiger charge is 2.45. The van der Waals surface area contributed by atoms with Gasteiger partial charge in [-0.05, 0) is 38.8 Å². The van der Waals surface area contributed by atoms with Gasteiger partial charge in [-0.2, -0.15) is 13.2 Å². The van der Waals surface area contributed by atoms with Crippen molar-refractivity contribution in [3.05, 3.63) is 35.9 Å². The molecule has 0 aromatic heterocycles. The van der Waals surface area contributed by atoms with Crippen LogP contribution < -0.4 is 5.32 Å². The number of halogens is 3. The van der Waals surface area contributed by atoms with Gasteiger partial charge in [-0.15, -0.1) is 0 Å². The summed E-state index contributed by atoms with van der Waals surface area (Å²) in [4.78, 5) is 1.57. The Morgan fingerprint density at radius 2 is 1.90 bits per heavy atom. The highest BCUT2D eigenvalue weighted by molar-refractivity contribution is 5.21. The number of hydrogen-bond acceptors (Lipinski definition) is 2. The van der Waals surface area contributed by atoms with Crippen LogP contribution in [0.3, 0.4) is 0 Å². The maximum Gasteiger partial charge on any atom is 0.408 e. The van der Waals surface area contributed by atoms with E-state index in [1.54, 1.807) is 35.2 Å². The second kappa shape index (κ2) is 6.79. The summed E-state index contributed by atoms with van der Waals surface area (Å²) in [6, 6.07) is 6.66. The van der Waals surface area contributed by atoms with Crippen LogP contribution in [0.5, 0.6) is 0 Å². The molecule has 1 N–H and O–H groups in total. The second-order valence-corrected chi connectivity index (χ2v) is 5.94. The van der Waals surface area contributed by atoms with E-state index in [1.807, 2.05) is 13.8 Å². The van der Waals surface area contributed by atoms with Crippen LogP contribution in [0.4, 0.5) is 13.2 Å². The van der Waals surface area contributed by atoms with Gasteiger partial charge in [0.2, 0.25) is 0 Å². The molecule has 1 heterocycles. The van der Waals surface area contributed by atoms with Gasteiger partial charge in [0.1, 0.15) is 6.04 Å². The van der Waals surface area contributed by atoms with Gasteiger partial charge in [-0.3, -0.25) is 4.90 Å². The normalized spacial score (nSPS) is 21.2. The molecular weight excluding hydrogens is 277 g/mol. The molecule has 5 heteroatoms. The molecule has 0 amide bonds. The van der Waals surface area contributed by atoms with E-state index in [0.29, 0.717) is 12.1 Å². The largest absolute Gasteiger partial charge is 0.408 e. The predicted molar refractivity (Wildman–Crippen MR) is 78.1 cm³/mol. The van der Waals surface area contributed by atoms with E-state index in [-0.39, 0.29) is 12.1 Å². The monoisotopic (exact) mass is 300 g/mol. The van der Waals surface area contributed by atoms with Gasteiger partial charge in [0.05, 0.1) is 0 Å². The number of benzene rings is 1. The number of rotatable bonds is 5. The third-order valence-electron chi connectivity index (χ3n) is 4.01. The van der Waals surface area contributed by atoms with E-state index in [2.05, 4.69) is 5.32 Å². The molecule has 1 aliphatic rings. The zero-order valence-electron chi connectivity index (χ0n) is 12.5. The van der Waals surface area contributed by atoms with E-state index < -0.39 is 12.2 Å². The van der Waals surface area contributed by atoms with Gasteiger partial charge < -0.3 is 5.32 Å². The van der Waals surface area contributed by atoms with Crippen LogP contribution in [0.15, 0.2) is 30.3 Å². The topological polar surface area (TPSA) is 15.3 Å². The summed E-state index contributed by atoms with van der Waals surface area (Å²) < 4.78 is 40.9. The van der Waals surface area contributed by atoms with Crippen LogP contribution in [0.25, 0.3) is 0 Å². The Morgan fingerprint density at radius 1 is 1.24 bits per heavy atom. The molecule has 2 rings (SSSR count). The summed E-state index contributed by atoms with van der Waals surface area (Å²) >= 11 is 0. The van der Waals surface area contributed by atoms with Gasteiger partial charge >= 0.3 is 6.18 Å². The predicted octanol–water partition coefficient (Wildman–Crippen LogP) is 3.75. The van der Waals surface area contributed by atoms with Crippen molar-refractivity contribution in [3.8, 4) is 0 Å². The minimum Gasteiger partial charge on any atom is -0.313 e. The highest BCUT2D eigenvalue weighted by Crippen LogP contribution is 2.39. The second-order valence-electron chi connectivity index (χ2n) is 5.94. The molecule has 2 atom stereocenters. The Balaban J connectivity index is 2.27. The molecule has 0 saturated carbocycles. The third-order valence-corrected chi connectivity index (χ3v) is 4.01. The Kier molecular flexibility index (Phi) is 5.27. The maximum atomic E-state index is 13.6. The fourth-order valence-corrected chi connectivity index (χ4v) is 2.99. The Labute approximate surface area is 124 Å². The van der Waals surface area contributed by atoms with Crippen molar-refractivity contribution in [1.82, 2.24) is 10.2 Å². The van der Waals surface area contributed by atoms with E-state index in [1.165, 1.54) is 0 Å². The lowest BCUT2D eigenvalue weighted by molar-refractivity contribution is -0.192. The lowest BCUT2D eigenvalue weighted by Gasteiger charge is -2.38. The highest BCUT2D eigenvalue weighted by atomic mass is 19.4. The Morgan fingerprint density at radius 3 is 2.38 bits per heavy atom. The summed E-state index contributed by atoms with van der Waals surface area (Å²) in [6.07, 6.45) is -2.29. The minimum absolute atomic E-state index is 0.154. The van der Waals surface area contributed by atoms with Crippen LogP contribution in [-0.2, 0) is 0 Å². The van der Waals surface area contributed by atoms with Crippen molar-refractivity contribution in [3.63, 3.8) is 0 Å². The van der Waals surface area contributed by atoms with Gasteiger partial charge in [0.15, 0.2) is 0 Å². The molecule has 2 nitrogen and oxygen atoms in total. The smallest absolute Gasteiger partial charge is 0.313 e. The average Bonchev–Trinajstić information content (AvgIpc) is 2.90. The molecule has 1 saturated heterocycles. The van der Waals surface area contributed by atoms with Crippen molar-refractivity contribution in [1.29, 1.82) is 0 Å². The molecule has 0 bridgehead atoms. The van der Waals surface area contributed by atoms with Crippen molar-refractivity contribution in [2.75, 3.05) is 13.1 Å². The molecule has 2 unspecified atom stereocenters. The SMILES string of the molecule is CC(C)N(CC1CCCN1)C(c1ccccc1)C(F)(F)F. The zero-order chi connectivity index (χ0) is 15.5. The van der Waals surface area contributed by atoms with Crippen molar-refractivity contribution in [2.45, 2.75) is 51.0 Å². The molecular formula is C16H23F3N2. The molecule has 1 aromatic rings. The van der Waals surface area contributed by atoms with Crippen molar-refractivity contribution in [2.24, 2.45) is 0 Å². The molecule has 0 spiro atoms. The number of nitrogens with zero attached hydrogens (tertiary/aromatic N) is 1. The minimum atomic E-state index is -4.27. The van der Waals surface area contributed by atoms with Gasteiger partial charge in [0, 0.05) is 18.6 Å². The first-order valence-electron chi connectivity index (χ1n) is 7.50. The molecule has 0 aliphatic carbocycles. The molecule has 1 fully saturated rings. The van der Waals surface area contributed by atoms with Crippen LogP contribution in [-0.4, -0.2) is 36.2 Å². The van der Waals surface area contributed by atoms with Gasteiger partial charge in [-0.25, -0.2) is 0 Å². The van der Waals surface area contributed by atoms with Gasteiger partial charge in [-0.1, -0.05) is 30.3 Å². The zero-order valence-corrected chi connectivity index (χ0v) is 12.5. The fourth-order valence-electron chi connectivity index (χ4n) is 2.99. The third kappa shape index (κ3) is 4.20.